The Hall–Kier alpha value is -2.17. The van der Waals surface area contributed by atoms with Crippen molar-refractivity contribution in [1.82, 2.24) is 14.7 Å². The normalized spacial score (nSPS) is 27.4. The molecule has 0 bridgehead atoms. The van der Waals surface area contributed by atoms with Crippen LogP contribution in [0.4, 0.5) is 10.5 Å². The molecule has 9 heteroatoms. The van der Waals surface area contributed by atoms with Crippen molar-refractivity contribution in [1.29, 1.82) is 0 Å². The fraction of sp³-hybridized carbons (Fsp3) is 0.480. The smallest absolute Gasteiger partial charge is 0.321 e. The summed E-state index contributed by atoms with van der Waals surface area (Å²) in [6.07, 6.45) is -1.95. The first kappa shape index (κ1) is 24.9. The minimum atomic E-state index is -1.02. The zero-order valence-corrected chi connectivity index (χ0v) is 21.4. The number of anilines is 1. The number of fused-ring (bicyclic) bond motifs is 1. The Morgan fingerprint density at radius 2 is 1.71 bits per heavy atom. The number of amides is 2. The highest BCUT2D eigenvalue weighted by Gasteiger charge is 2.51. The fourth-order valence-electron chi connectivity index (χ4n) is 5.05. The summed E-state index contributed by atoms with van der Waals surface area (Å²) in [5.74, 6) is 0.909. The molecule has 2 amide bonds. The van der Waals surface area contributed by atoms with Crippen molar-refractivity contribution in [2.45, 2.75) is 30.2 Å². The van der Waals surface area contributed by atoms with E-state index in [2.05, 4.69) is 43.2 Å². The van der Waals surface area contributed by atoms with Gasteiger partial charge in [-0.15, -0.1) is 0 Å². The number of hydrogen-bond acceptors (Lipinski definition) is 6. The second-order valence-electron chi connectivity index (χ2n) is 9.37. The van der Waals surface area contributed by atoms with Crippen LogP contribution in [-0.4, -0.2) is 103 Å². The summed E-state index contributed by atoms with van der Waals surface area (Å²) in [4.78, 5) is 19.2. The van der Waals surface area contributed by atoms with Crippen molar-refractivity contribution in [2.75, 3.05) is 52.7 Å². The van der Waals surface area contributed by atoms with E-state index in [-0.39, 0.29) is 30.6 Å². The van der Waals surface area contributed by atoms with Crippen LogP contribution in [0.15, 0.2) is 53.0 Å². The van der Waals surface area contributed by atoms with Crippen LogP contribution in [0.25, 0.3) is 0 Å². The minimum Gasteiger partial charge on any atom is -0.497 e. The largest absolute Gasteiger partial charge is 0.497 e. The topological polar surface area (TPSA) is 88.5 Å². The van der Waals surface area contributed by atoms with Crippen LogP contribution in [0.1, 0.15) is 11.5 Å². The summed E-state index contributed by atoms with van der Waals surface area (Å²) in [5, 5.41) is 24.2. The third-order valence-electron chi connectivity index (χ3n) is 6.77. The molecule has 2 aromatic carbocycles. The van der Waals surface area contributed by atoms with Crippen molar-refractivity contribution in [3.8, 4) is 5.75 Å². The van der Waals surface area contributed by atoms with Crippen LogP contribution in [0, 0.1) is 0 Å². The van der Waals surface area contributed by atoms with E-state index in [0.29, 0.717) is 24.5 Å². The third kappa shape index (κ3) is 5.39. The van der Waals surface area contributed by atoms with E-state index in [0.717, 1.165) is 11.0 Å². The maximum absolute atomic E-state index is 13.2. The van der Waals surface area contributed by atoms with Crippen molar-refractivity contribution >= 4 is 27.6 Å². The van der Waals surface area contributed by atoms with Crippen molar-refractivity contribution in [2.24, 2.45) is 0 Å². The number of aliphatic hydroxyl groups excluding tert-OH is 2. The molecule has 0 unspecified atom stereocenters. The summed E-state index contributed by atoms with van der Waals surface area (Å²) >= 11 is 3.52. The van der Waals surface area contributed by atoms with E-state index in [4.69, 9.17) is 4.74 Å². The van der Waals surface area contributed by atoms with E-state index in [9.17, 15) is 15.0 Å². The van der Waals surface area contributed by atoms with E-state index in [1.807, 2.05) is 26.2 Å². The predicted octanol–water partition coefficient (Wildman–Crippen LogP) is 2.43. The highest BCUT2D eigenvalue weighted by Crippen LogP contribution is 2.42. The molecule has 0 saturated carbocycles. The van der Waals surface area contributed by atoms with Gasteiger partial charge in [-0.1, -0.05) is 28.1 Å². The van der Waals surface area contributed by atoms with Gasteiger partial charge in [0.05, 0.1) is 25.9 Å². The number of rotatable bonds is 5. The van der Waals surface area contributed by atoms with Crippen LogP contribution >= 0.6 is 15.9 Å². The van der Waals surface area contributed by atoms with Crippen molar-refractivity contribution < 1.29 is 19.7 Å². The van der Waals surface area contributed by atoms with Gasteiger partial charge in [-0.05, 0) is 56.1 Å². The Bertz CT molecular complexity index is 972. The maximum atomic E-state index is 13.2. The number of aliphatic hydroxyl groups is 2. The second-order valence-corrected chi connectivity index (χ2v) is 10.3. The Kier molecular flexibility index (Phi) is 7.79. The van der Waals surface area contributed by atoms with Gasteiger partial charge in [0.25, 0.3) is 0 Å². The zero-order chi connectivity index (χ0) is 24.4. The molecule has 0 spiro atoms. The Morgan fingerprint density at radius 3 is 2.32 bits per heavy atom. The molecule has 3 N–H and O–H groups in total. The van der Waals surface area contributed by atoms with E-state index >= 15 is 0 Å². The average Bonchev–Trinajstić information content (AvgIpc) is 2.81. The molecule has 2 aromatic rings. The number of methoxy groups -OCH3 is 1. The number of carbonyl (C=O) groups excluding carboxylic acids is 1. The second kappa shape index (κ2) is 10.6. The molecule has 34 heavy (non-hydrogen) atoms. The Balaban J connectivity index is 1.58. The highest BCUT2D eigenvalue weighted by atomic mass is 79.9. The van der Waals surface area contributed by atoms with Crippen molar-refractivity contribution in [3.63, 3.8) is 0 Å². The van der Waals surface area contributed by atoms with Crippen LogP contribution < -0.4 is 10.1 Å². The molecule has 4 rings (SSSR count). The first-order chi connectivity index (χ1) is 16.3. The molecule has 0 aromatic heterocycles. The number of likely N-dealkylation sites (N-methyl/N-ethyl adjacent to an activating group) is 1. The SMILES string of the molecule is COc1ccc(NC(=O)N2C[C@@H](O)[C@@H](O)CN3[C@H](CN(C)C)[C@H](c4ccc(Br)cc4)[C@@H]3C2)cc1. The van der Waals surface area contributed by atoms with Crippen LogP contribution in [0.3, 0.4) is 0 Å². The van der Waals surface area contributed by atoms with Gasteiger partial charge in [0.2, 0.25) is 0 Å². The molecule has 5 atom stereocenters. The molecular formula is C25H33BrN4O4. The van der Waals surface area contributed by atoms with Gasteiger partial charge in [0.1, 0.15) is 5.75 Å². The van der Waals surface area contributed by atoms with E-state index < -0.39 is 12.2 Å². The van der Waals surface area contributed by atoms with E-state index in [1.54, 1.807) is 36.3 Å². The summed E-state index contributed by atoms with van der Waals surface area (Å²) in [7, 11) is 5.67. The van der Waals surface area contributed by atoms with Gasteiger partial charge >= 0.3 is 6.03 Å². The Labute approximate surface area is 209 Å². The lowest BCUT2D eigenvalue weighted by Crippen LogP contribution is -2.71. The van der Waals surface area contributed by atoms with Crippen LogP contribution in [0.2, 0.25) is 0 Å². The number of halogens is 1. The lowest BCUT2D eigenvalue weighted by atomic mass is 9.73. The summed E-state index contributed by atoms with van der Waals surface area (Å²) < 4.78 is 6.20. The summed E-state index contributed by atoms with van der Waals surface area (Å²) in [6, 6.07) is 15.4. The van der Waals surface area contributed by atoms with Gasteiger partial charge in [0, 0.05) is 47.8 Å². The molecule has 184 valence electrons. The van der Waals surface area contributed by atoms with Gasteiger partial charge < -0.3 is 30.1 Å². The average molecular weight is 533 g/mol. The van der Waals surface area contributed by atoms with Gasteiger partial charge in [-0.2, -0.15) is 0 Å². The first-order valence-electron chi connectivity index (χ1n) is 11.5. The monoisotopic (exact) mass is 532 g/mol. The molecule has 8 nitrogen and oxygen atoms in total. The molecule has 0 aliphatic carbocycles. The van der Waals surface area contributed by atoms with Crippen LogP contribution in [-0.2, 0) is 0 Å². The number of urea groups is 1. The van der Waals surface area contributed by atoms with Gasteiger partial charge in [-0.25, -0.2) is 4.79 Å². The number of carbonyl (C=O) groups is 1. The summed E-state index contributed by atoms with van der Waals surface area (Å²) in [6.45, 7) is 1.72. The molecule has 2 heterocycles. The first-order valence-corrected chi connectivity index (χ1v) is 12.3. The number of hydrogen-bond donors (Lipinski definition) is 3. The zero-order valence-electron chi connectivity index (χ0n) is 19.8. The quantitative estimate of drug-likeness (QED) is 0.548. The van der Waals surface area contributed by atoms with E-state index in [1.165, 1.54) is 5.56 Å². The van der Waals surface area contributed by atoms with Gasteiger partial charge in [-0.3, -0.25) is 4.90 Å². The predicted molar refractivity (Wildman–Crippen MR) is 135 cm³/mol. The molecular weight excluding hydrogens is 500 g/mol. The summed E-state index contributed by atoms with van der Waals surface area (Å²) in [5.41, 5.74) is 1.85. The van der Waals surface area contributed by atoms with Gasteiger partial charge in [0.15, 0.2) is 0 Å². The number of nitrogens with zero attached hydrogens (tertiary/aromatic N) is 3. The third-order valence-corrected chi connectivity index (χ3v) is 7.30. The lowest BCUT2D eigenvalue weighted by molar-refractivity contribution is -0.105. The molecule has 2 aliphatic heterocycles. The number of nitrogens with one attached hydrogen (secondary N) is 1. The standard InChI is InChI=1S/C25H33BrN4O4/c1-28(2)12-20-24(16-4-6-17(26)7-5-16)21-13-29(14-22(31)23(32)15-30(20)21)25(33)27-18-8-10-19(34-3)11-9-18/h4-11,20-24,31-32H,12-15H2,1-3H3,(H,27,33)/t20-,21+,22-,23+,24+/m1/s1. The fourth-order valence-corrected chi connectivity index (χ4v) is 5.32. The molecule has 2 aliphatic rings. The number of β-amino-alcohol motifs (C(OH)–C–C–N with tert-alkyl or cyclic N) is 1. The highest BCUT2D eigenvalue weighted by molar-refractivity contribution is 9.10. The van der Waals surface area contributed by atoms with Crippen molar-refractivity contribution in [3.05, 3.63) is 58.6 Å². The minimum absolute atomic E-state index is 0.0369. The van der Waals surface area contributed by atoms with Crippen LogP contribution in [0.5, 0.6) is 5.75 Å². The number of ether oxygens (including phenoxy) is 1. The maximum Gasteiger partial charge on any atom is 0.321 e. The molecule has 0 radical (unpaired) electrons. The molecule has 2 fully saturated rings. The Morgan fingerprint density at radius 1 is 1.06 bits per heavy atom. The molecule has 2 saturated heterocycles. The lowest BCUT2D eigenvalue weighted by Gasteiger charge is -2.59. The number of benzene rings is 2.